The highest BCUT2D eigenvalue weighted by Crippen LogP contribution is 2.27. The summed E-state index contributed by atoms with van der Waals surface area (Å²) in [6.45, 7) is 0. The molecule has 0 aliphatic carbocycles. The first-order valence-corrected chi connectivity index (χ1v) is 7.15. The van der Waals surface area contributed by atoms with E-state index in [1.807, 2.05) is 30.4 Å². The second-order valence-corrected chi connectivity index (χ2v) is 4.87. The van der Waals surface area contributed by atoms with E-state index in [1.54, 1.807) is 32.4 Å². The maximum absolute atomic E-state index is 10.9. The molecule has 2 rings (SSSR count). The number of benzene rings is 2. The van der Waals surface area contributed by atoms with Gasteiger partial charge in [-0.1, -0.05) is 18.2 Å². The summed E-state index contributed by atoms with van der Waals surface area (Å²) in [4.78, 5) is 10.9. The van der Waals surface area contributed by atoms with Gasteiger partial charge in [-0.05, 0) is 35.4 Å². The monoisotopic (exact) mass is 329 g/mol. The Labute approximate surface area is 140 Å². The summed E-state index contributed by atoms with van der Waals surface area (Å²) in [7, 11) is 4.67. The molecular weight excluding hydrogens is 310 g/mol. The van der Waals surface area contributed by atoms with Gasteiger partial charge in [0.25, 0.3) is 0 Å². The predicted octanol–water partition coefficient (Wildman–Crippen LogP) is 3.97. The fraction of sp³-hybridized carbons (Fsp3) is 0.167. The zero-order valence-corrected chi connectivity index (χ0v) is 13.7. The molecule has 0 fully saturated rings. The van der Waals surface area contributed by atoms with Gasteiger partial charge in [0.15, 0.2) is 0 Å². The lowest BCUT2D eigenvalue weighted by atomic mass is 10.1. The molecule has 0 heterocycles. The second kappa shape index (κ2) is 7.92. The third-order valence-electron chi connectivity index (χ3n) is 3.31. The predicted molar refractivity (Wildman–Crippen MR) is 93.1 cm³/mol. The molecule has 2 aromatic rings. The lowest BCUT2D eigenvalue weighted by molar-refractivity contribution is 0.209. The van der Waals surface area contributed by atoms with Gasteiger partial charge in [-0.3, -0.25) is 5.32 Å². The first kappa shape index (κ1) is 17.2. The molecule has 0 aromatic heterocycles. The van der Waals surface area contributed by atoms with Crippen molar-refractivity contribution in [3.05, 3.63) is 47.5 Å². The van der Waals surface area contributed by atoms with Crippen molar-refractivity contribution in [3.63, 3.8) is 0 Å². The smallest absolute Gasteiger partial charge is 0.409 e. The van der Waals surface area contributed by atoms with E-state index < -0.39 is 6.09 Å². The zero-order valence-electron chi connectivity index (χ0n) is 13.7. The maximum Gasteiger partial charge on any atom is 0.409 e. The molecule has 0 aliphatic heterocycles. The van der Waals surface area contributed by atoms with E-state index in [0.717, 1.165) is 11.1 Å². The number of anilines is 1. The van der Waals surface area contributed by atoms with Gasteiger partial charge in [-0.25, -0.2) is 4.79 Å². The molecule has 1 amide bonds. The Morgan fingerprint density at radius 1 is 0.917 bits per heavy atom. The SMILES string of the molecule is COc1cc(C=Cc2ccc(OC)c(NC(=O)O)c2)cc(OC)c1. The van der Waals surface area contributed by atoms with Crippen LogP contribution < -0.4 is 19.5 Å². The molecule has 0 saturated heterocycles. The van der Waals surface area contributed by atoms with Crippen LogP contribution in [0.1, 0.15) is 11.1 Å². The minimum absolute atomic E-state index is 0.385. The molecule has 2 N–H and O–H groups in total. The summed E-state index contributed by atoms with van der Waals surface area (Å²) in [5.41, 5.74) is 2.10. The molecule has 0 saturated carbocycles. The Bertz CT molecular complexity index is 733. The van der Waals surface area contributed by atoms with Gasteiger partial charge >= 0.3 is 6.09 Å². The first-order valence-electron chi connectivity index (χ1n) is 7.15. The zero-order chi connectivity index (χ0) is 17.5. The molecular formula is C18H19NO5. The minimum Gasteiger partial charge on any atom is -0.497 e. The van der Waals surface area contributed by atoms with Gasteiger partial charge in [-0.2, -0.15) is 0 Å². The lowest BCUT2D eigenvalue weighted by Gasteiger charge is -2.09. The number of hydrogen-bond acceptors (Lipinski definition) is 4. The van der Waals surface area contributed by atoms with Crippen molar-refractivity contribution in [1.82, 2.24) is 0 Å². The number of nitrogens with one attached hydrogen (secondary N) is 1. The number of methoxy groups -OCH3 is 3. The summed E-state index contributed by atoms with van der Waals surface area (Å²) in [5, 5.41) is 11.2. The molecule has 0 radical (unpaired) electrons. The Morgan fingerprint density at radius 2 is 1.54 bits per heavy atom. The number of rotatable bonds is 6. The molecule has 126 valence electrons. The van der Waals surface area contributed by atoms with Gasteiger partial charge in [0.2, 0.25) is 0 Å². The molecule has 6 nitrogen and oxygen atoms in total. The van der Waals surface area contributed by atoms with Crippen molar-refractivity contribution in [3.8, 4) is 17.2 Å². The fourth-order valence-corrected chi connectivity index (χ4v) is 2.16. The van der Waals surface area contributed by atoms with E-state index in [1.165, 1.54) is 7.11 Å². The van der Waals surface area contributed by atoms with Crippen molar-refractivity contribution in [1.29, 1.82) is 0 Å². The lowest BCUT2D eigenvalue weighted by Crippen LogP contribution is -2.08. The molecule has 0 atom stereocenters. The number of carbonyl (C=O) groups is 1. The summed E-state index contributed by atoms with van der Waals surface area (Å²) in [5.74, 6) is 1.84. The van der Waals surface area contributed by atoms with Crippen molar-refractivity contribution in [2.75, 3.05) is 26.6 Å². The van der Waals surface area contributed by atoms with E-state index in [-0.39, 0.29) is 0 Å². The van der Waals surface area contributed by atoms with Crippen LogP contribution in [0.4, 0.5) is 10.5 Å². The van der Waals surface area contributed by atoms with Crippen molar-refractivity contribution in [2.45, 2.75) is 0 Å². The number of ether oxygens (including phenoxy) is 3. The summed E-state index contributed by atoms with van der Waals surface area (Å²) < 4.78 is 15.6. The highest BCUT2D eigenvalue weighted by Gasteiger charge is 2.06. The quantitative estimate of drug-likeness (QED) is 0.784. The summed E-state index contributed by atoms with van der Waals surface area (Å²) in [6, 6.07) is 10.8. The van der Waals surface area contributed by atoms with Gasteiger partial charge in [0.1, 0.15) is 17.2 Å². The fourth-order valence-electron chi connectivity index (χ4n) is 2.16. The van der Waals surface area contributed by atoms with Gasteiger partial charge < -0.3 is 19.3 Å². The van der Waals surface area contributed by atoms with Crippen LogP contribution in [0.2, 0.25) is 0 Å². The standard InChI is InChI=1S/C18H19NO5/c1-22-14-8-13(9-15(11-14)23-2)5-4-12-6-7-17(24-3)16(10-12)19-18(20)21/h4-11,19H,1-3H3,(H,20,21). The largest absolute Gasteiger partial charge is 0.497 e. The van der Waals surface area contributed by atoms with Crippen LogP contribution in [-0.4, -0.2) is 32.5 Å². The molecule has 0 bridgehead atoms. The average Bonchev–Trinajstić information content (AvgIpc) is 2.59. The van der Waals surface area contributed by atoms with Crippen LogP contribution in [0.3, 0.4) is 0 Å². The third-order valence-corrected chi connectivity index (χ3v) is 3.31. The molecule has 0 aliphatic rings. The Hall–Kier alpha value is -3.15. The summed E-state index contributed by atoms with van der Waals surface area (Å²) in [6.07, 6.45) is 2.60. The van der Waals surface area contributed by atoms with Gasteiger partial charge in [0.05, 0.1) is 27.0 Å². The van der Waals surface area contributed by atoms with E-state index >= 15 is 0 Å². The van der Waals surface area contributed by atoms with Gasteiger partial charge in [0, 0.05) is 6.07 Å². The molecule has 6 heteroatoms. The van der Waals surface area contributed by atoms with Gasteiger partial charge in [-0.15, -0.1) is 0 Å². The topological polar surface area (TPSA) is 77.0 Å². The Balaban J connectivity index is 2.30. The number of hydrogen-bond donors (Lipinski definition) is 2. The van der Waals surface area contributed by atoms with Crippen LogP contribution >= 0.6 is 0 Å². The minimum atomic E-state index is -1.15. The normalized spacial score (nSPS) is 10.5. The third kappa shape index (κ3) is 4.42. The van der Waals surface area contributed by atoms with E-state index in [2.05, 4.69) is 5.32 Å². The first-order chi connectivity index (χ1) is 11.5. The van der Waals surface area contributed by atoms with E-state index in [9.17, 15) is 4.79 Å². The average molecular weight is 329 g/mol. The Kier molecular flexibility index (Phi) is 5.68. The van der Waals surface area contributed by atoms with Crippen molar-refractivity contribution in [2.24, 2.45) is 0 Å². The maximum atomic E-state index is 10.9. The molecule has 24 heavy (non-hydrogen) atoms. The second-order valence-electron chi connectivity index (χ2n) is 4.87. The molecule has 2 aromatic carbocycles. The van der Waals surface area contributed by atoms with E-state index in [0.29, 0.717) is 22.9 Å². The number of amides is 1. The summed E-state index contributed by atoms with van der Waals surface area (Å²) >= 11 is 0. The van der Waals surface area contributed by atoms with Crippen molar-refractivity contribution < 1.29 is 24.1 Å². The van der Waals surface area contributed by atoms with Crippen LogP contribution in [0.5, 0.6) is 17.2 Å². The van der Waals surface area contributed by atoms with E-state index in [4.69, 9.17) is 19.3 Å². The van der Waals surface area contributed by atoms with Crippen LogP contribution in [0.25, 0.3) is 12.2 Å². The van der Waals surface area contributed by atoms with Crippen molar-refractivity contribution >= 4 is 23.9 Å². The van der Waals surface area contributed by atoms with Crippen LogP contribution in [0.15, 0.2) is 36.4 Å². The van der Waals surface area contributed by atoms with Crippen LogP contribution in [-0.2, 0) is 0 Å². The highest BCUT2D eigenvalue weighted by molar-refractivity contribution is 5.86. The highest BCUT2D eigenvalue weighted by atomic mass is 16.5. The van der Waals surface area contributed by atoms with Crippen LogP contribution in [0, 0.1) is 0 Å². The molecule has 0 unspecified atom stereocenters. The Morgan fingerprint density at radius 3 is 2.08 bits per heavy atom. The molecule has 0 spiro atoms. The number of carboxylic acid groups (broad SMARTS) is 1.